The number of hydrogen-bond donors (Lipinski definition) is 4. The molecule has 0 saturated heterocycles. The van der Waals surface area contributed by atoms with Crippen LogP contribution in [0.25, 0.3) is 0 Å². The van der Waals surface area contributed by atoms with Crippen LogP contribution in [0.4, 0.5) is 11.4 Å². The number of rotatable bonds is 8. The molecule has 0 spiro atoms. The second-order valence-electron chi connectivity index (χ2n) is 5.77. The number of anilines is 1. The van der Waals surface area contributed by atoms with Crippen LogP contribution in [-0.4, -0.2) is 36.2 Å². The topological polar surface area (TPSA) is 156 Å². The molecule has 0 atom stereocenters. The molecule has 146 valence electrons. The van der Waals surface area contributed by atoms with Gasteiger partial charge in [0.2, 0.25) is 5.91 Å². The molecule has 28 heavy (non-hydrogen) atoms. The van der Waals surface area contributed by atoms with Crippen molar-refractivity contribution in [2.45, 2.75) is 6.54 Å². The van der Waals surface area contributed by atoms with Crippen molar-refractivity contribution in [2.24, 2.45) is 5.73 Å². The second kappa shape index (κ2) is 9.12. The summed E-state index contributed by atoms with van der Waals surface area (Å²) >= 11 is 0. The number of hydrogen-bond acceptors (Lipinski definition) is 6. The van der Waals surface area contributed by atoms with Gasteiger partial charge in [0.15, 0.2) is 0 Å². The van der Waals surface area contributed by atoms with Crippen molar-refractivity contribution >= 4 is 29.1 Å². The first-order valence-electron chi connectivity index (χ1n) is 8.21. The Bertz CT molecular complexity index is 911. The molecule has 2 rings (SSSR count). The minimum absolute atomic E-state index is 0.160. The molecule has 0 aliphatic rings. The molecule has 10 heteroatoms. The van der Waals surface area contributed by atoms with Crippen molar-refractivity contribution in [3.8, 4) is 0 Å². The van der Waals surface area contributed by atoms with Gasteiger partial charge in [-0.1, -0.05) is 12.1 Å². The van der Waals surface area contributed by atoms with E-state index < -0.39 is 22.6 Å². The van der Waals surface area contributed by atoms with Gasteiger partial charge in [0.05, 0.1) is 11.5 Å². The van der Waals surface area contributed by atoms with Gasteiger partial charge in [-0.15, -0.1) is 0 Å². The summed E-state index contributed by atoms with van der Waals surface area (Å²) in [5, 5.41) is 18.8. The summed E-state index contributed by atoms with van der Waals surface area (Å²) in [5.74, 6) is -1.55. The predicted octanol–water partition coefficient (Wildman–Crippen LogP) is 0.782. The molecule has 5 N–H and O–H groups in total. The zero-order valence-electron chi connectivity index (χ0n) is 15.0. The predicted molar refractivity (Wildman–Crippen MR) is 102 cm³/mol. The molecule has 0 saturated carbocycles. The summed E-state index contributed by atoms with van der Waals surface area (Å²) in [6, 6.07) is 10.5. The number of carbonyl (C=O) groups is 3. The molecule has 0 unspecified atom stereocenters. The van der Waals surface area contributed by atoms with Gasteiger partial charge >= 0.3 is 0 Å². The first-order chi connectivity index (χ1) is 13.3. The molecule has 0 aromatic heterocycles. The quantitative estimate of drug-likeness (QED) is 0.388. The van der Waals surface area contributed by atoms with Crippen LogP contribution in [0.1, 0.15) is 26.3 Å². The molecule has 0 heterocycles. The molecule has 2 aromatic rings. The number of nitro benzene ring substituents is 1. The maximum Gasteiger partial charge on any atom is 0.293 e. The fourth-order valence-electron chi connectivity index (χ4n) is 2.36. The lowest BCUT2D eigenvalue weighted by Gasteiger charge is -2.08. The van der Waals surface area contributed by atoms with E-state index >= 15 is 0 Å². The van der Waals surface area contributed by atoms with Gasteiger partial charge in [-0.25, -0.2) is 0 Å². The van der Waals surface area contributed by atoms with Crippen LogP contribution in [-0.2, 0) is 11.3 Å². The summed E-state index contributed by atoms with van der Waals surface area (Å²) in [4.78, 5) is 45.2. The van der Waals surface area contributed by atoms with E-state index in [1.54, 1.807) is 31.3 Å². The summed E-state index contributed by atoms with van der Waals surface area (Å²) < 4.78 is 0. The lowest BCUT2D eigenvalue weighted by Crippen LogP contribution is -2.33. The van der Waals surface area contributed by atoms with Crippen LogP contribution in [0.2, 0.25) is 0 Å². The third kappa shape index (κ3) is 5.27. The van der Waals surface area contributed by atoms with Crippen LogP contribution >= 0.6 is 0 Å². The maximum atomic E-state index is 12.3. The second-order valence-corrected chi connectivity index (χ2v) is 5.77. The van der Waals surface area contributed by atoms with Crippen molar-refractivity contribution in [1.29, 1.82) is 0 Å². The Labute approximate surface area is 160 Å². The van der Waals surface area contributed by atoms with Crippen molar-refractivity contribution in [3.63, 3.8) is 0 Å². The third-order valence-electron chi connectivity index (χ3n) is 3.82. The largest absolute Gasteiger partial charge is 0.383 e. The van der Waals surface area contributed by atoms with Crippen LogP contribution in [0, 0.1) is 10.1 Å². The number of primary amides is 1. The third-order valence-corrected chi connectivity index (χ3v) is 3.82. The molecule has 10 nitrogen and oxygen atoms in total. The maximum absolute atomic E-state index is 12.3. The molecule has 2 aromatic carbocycles. The highest BCUT2D eigenvalue weighted by Gasteiger charge is 2.16. The minimum atomic E-state index is -0.643. The Morgan fingerprint density at radius 3 is 2.18 bits per heavy atom. The van der Waals surface area contributed by atoms with Crippen LogP contribution in [0.5, 0.6) is 0 Å². The average Bonchev–Trinajstić information content (AvgIpc) is 2.69. The Hall–Kier alpha value is -3.95. The number of nitrogens with zero attached hydrogens (tertiary/aromatic N) is 1. The van der Waals surface area contributed by atoms with Gasteiger partial charge in [-0.3, -0.25) is 24.5 Å². The van der Waals surface area contributed by atoms with Crippen molar-refractivity contribution < 1.29 is 19.3 Å². The van der Waals surface area contributed by atoms with E-state index in [1.807, 2.05) is 0 Å². The number of nitrogens with one attached hydrogen (secondary N) is 3. The van der Waals surface area contributed by atoms with E-state index in [0.29, 0.717) is 11.3 Å². The molecule has 0 bridgehead atoms. The molecule has 3 amide bonds. The van der Waals surface area contributed by atoms with Crippen LogP contribution < -0.4 is 21.7 Å². The minimum Gasteiger partial charge on any atom is -0.383 e. The summed E-state index contributed by atoms with van der Waals surface area (Å²) in [7, 11) is 1.56. The van der Waals surface area contributed by atoms with Gasteiger partial charge in [0.1, 0.15) is 5.69 Å². The molecule has 0 fully saturated rings. The number of carbonyl (C=O) groups excluding carboxylic acids is 3. The lowest BCUT2D eigenvalue weighted by atomic mass is 10.1. The average molecular weight is 385 g/mol. The summed E-state index contributed by atoms with van der Waals surface area (Å²) in [5.41, 5.74) is 6.31. The zero-order valence-corrected chi connectivity index (χ0v) is 15.0. The Balaban J connectivity index is 1.99. The number of nitrogens with two attached hydrogens (primary N) is 1. The van der Waals surface area contributed by atoms with Gasteiger partial charge < -0.3 is 21.7 Å². The highest BCUT2D eigenvalue weighted by atomic mass is 16.6. The normalized spacial score (nSPS) is 10.0. The van der Waals surface area contributed by atoms with Gasteiger partial charge in [0.25, 0.3) is 17.5 Å². The first kappa shape index (κ1) is 20.4. The monoisotopic (exact) mass is 385 g/mol. The van der Waals surface area contributed by atoms with E-state index in [1.165, 1.54) is 18.2 Å². The van der Waals surface area contributed by atoms with Crippen molar-refractivity contribution in [1.82, 2.24) is 10.6 Å². The summed E-state index contributed by atoms with van der Waals surface area (Å²) in [6.07, 6.45) is 0. The first-order valence-corrected chi connectivity index (χ1v) is 8.21. The smallest absolute Gasteiger partial charge is 0.293 e. The zero-order chi connectivity index (χ0) is 20.7. The van der Waals surface area contributed by atoms with E-state index in [4.69, 9.17) is 5.73 Å². The van der Waals surface area contributed by atoms with Gasteiger partial charge in [-0.2, -0.15) is 0 Å². The van der Waals surface area contributed by atoms with E-state index in [9.17, 15) is 24.5 Å². The van der Waals surface area contributed by atoms with Crippen LogP contribution in [0.15, 0.2) is 42.5 Å². The van der Waals surface area contributed by atoms with Crippen LogP contribution in [0.3, 0.4) is 0 Å². The number of amides is 3. The molecule has 0 radical (unpaired) electrons. The van der Waals surface area contributed by atoms with E-state index in [2.05, 4.69) is 16.0 Å². The standard InChI is InChI=1S/C18H19N5O5/c1-20-14-7-6-13(8-15(14)23(27)28)18(26)21-9-11-2-4-12(5-3-11)17(25)22-10-16(19)24/h2-8,20H,9-10H2,1H3,(H2,19,24)(H,21,26)(H,22,25). The fraction of sp³-hybridized carbons (Fsp3) is 0.167. The van der Waals surface area contributed by atoms with Crippen molar-refractivity contribution in [2.75, 3.05) is 18.9 Å². The number of nitro groups is 1. The Morgan fingerprint density at radius 1 is 1.00 bits per heavy atom. The summed E-state index contributed by atoms with van der Waals surface area (Å²) in [6.45, 7) is -0.0846. The fourth-order valence-corrected chi connectivity index (χ4v) is 2.36. The van der Waals surface area contributed by atoms with E-state index in [-0.39, 0.29) is 24.3 Å². The SMILES string of the molecule is CNc1ccc(C(=O)NCc2ccc(C(=O)NCC(N)=O)cc2)cc1[N+](=O)[O-]. The van der Waals surface area contributed by atoms with Crippen molar-refractivity contribution in [3.05, 3.63) is 69.3 Å². The molecular formula is C18H19N5O5. The highest BCUT2D eigenvalue weighted by Crippen LogP contribution is 2.25. The lowest BCUT2D eigenvalue weighted by molar-refractivity contribution is -0.384. The molecule has 0 aliphatic heterocycles. The number of benzene rings is 2. The van der Waals surface area contributed by atoms with Gasteiger partial charge in [-0.05, 0) is 29.8 Å². The van der Waals surface area contributed by atoms with Gasteiger partial charge in [0, 0.05) is 30.8 Å². The Morgan fingerprint density at radius 2 is 1.61 bits per heavy atom. The molecular weight excluding hydrogens is 366 g/mol. The Kier molecular flexibility index (Phi) is 6.63. The highest BCUT2D eigenvalue weighted by molar-refractivity contribution is 5.96. The molecule has 0 aliphatic carbocycles. The van der Waals surface area contributed by atoms with E-state index in [0.717, 1.165) is 5.56 Å².